The molecule has 4 aliphatic rings. The van der Waals surface area contributed by atoms with Gasteiger partial charge >= 0.3 is 0 Å². The maximum atomic E-state index is 4.13. The highest BCUT2D eigenvalue weighted by Gasteiger charge is 2.46. The minimum atomic E-state index is -0.576. The third-order valence-electron chi connectivity index (χ3n) is 17.3. The monoisotopic (exact) mass is 896 g/mol. The van der Waals surface area contributed by atoms with Gasteiger partial charge in [0.15, 0.2) is 7.28 Å². The van der Waals surface area contributed by atoms with Gasteiger partial charge in [0.2, 0.25) is 0 Å². The van der Waals surface area contributed by atoms with E-state index in [-0.39, 0.29) is 21.7 Å². The highest BCUT2D eigenvalue weighted by Crippen LogP contribution is 2.57. The molecular weight excluding hydrogens is 832 g/mol. The quantitative estimate of drug-likeness (QED) is 0.173. The van der Waals surface area contributed by atoms with Crippen LogP contribution >= 0.6 is 0 Å². The number of nitrogens with zero attached hydrogens (tertiary/aromatic N) is 1. The van der Waals surface area contributed by atoms with E-state index in [0.29, 0.717) is 0 Å². The molecule has 1 N–H and O–H groups in total. The average molecular weight is 896 g/mol. The standard InChI is InChI=1S/C66H64BN2/c1-42-21-16-17-26-47(42)43-37-49(48-27-20-29-52-61(48)68-57-30-19-18-28-51(57)66(52,44-22-12-10-13-23-44)45-24-14-11-15-25-45)60-59(38-43)69(46-31-32-50-53(39-46)63(4,5)34-33-62(50,2)3)58-41-55-54(40-56(58)67-60)64(6,7)35-36-65(55,8)9/h10-32,37-41,68H,33-36H2,1-9H3. The Hall–Kier alpha value is -6.58. The molecule has 2 aliphatic heterocycles. The van der Waals surface area contributed by atoms with Crippen molar-refractivity contribution in [2.75, 3.05) is 10.2 Å². The fourth-order valence-electron chi connectivity index (χ4n) is 13.0. The van der Waals surface area contributed by atoms with Crippen LogP contribution in [0, 0.1) is 6.92 Å². The van der Waals surface area contributed by atoms with Crippen LogP contribution in [0.15, 0.2) is 170 Å². The molecule has 1 radical (unpaired) electrons. The molecule has 0 aromatic heterocycles. The number of fused-ring (bicyclic) bond motifs is 6. The molecule has 0 atom stereocenters. The van der Waals surface area contributed by atoms with Gasteiger partial charge < -0.3 is 10.2 Å². The second-order valence-electron chi connectivity index (χ2n) is 23.4. The maximum Gasteiger partial charge on any atom is 0.197 e. The molecule has 8 aromatic carbocycles. The summed E-state index contributed by atoms with van der Waals surface area (Å²) in [7, 11) is 2.54. The van der Waals surface area contributed by atoms with Gasteiger partial charge in [0.05, 0.1) is 11.1 Å². The molecule has 12 rings (SSSR count). The second-order valence-corrected chi connectivity index (χ2v) is 23.4. The Morgan fingerprint density at radius 3 is 1.65 bits per heavy atom. The number of nitrogens with one attached hydrogen (secondary N) is 1. The molecule has 0 unspecified atom stereocenters. The molecule has 341 valence electrons. The molecule has 69 heavy (non-hydrogen) atoms. The van der Waals surface area contributed by atoms with Crippen LogP contribution in [0.5, 0.6) is 0 Å². The van der Waals surface area contributed by atoms with E-state index in [1.165, 1.54) is 126 Å². The van der Waals surface area contributed by atoms with E-state index >= 15 is 0 Å². The van der Waals surface area contributed by atoms with Crippen molar-refractivity contribution >= 4 is 46.6 Å². The van der Waals surface area contributed by atoms with E-state index in [1.807, 2.05) is 0 Å². The van der Waals surface area contributed by atoms with E-state index in [4.69, 9.17) is 0 Å². The lowest BCUT2D eigenvalue weighted by molar-refractivity contribution is 0.332. The first-order valence-corrected chi connectivity index (χ1v) is 25.4. The van der Waals surface area contributed by atoms with Gasteiger partial charge in [0.1, 0.15) is 0 Å². The lowest BCUT2D eigenvalue weighted by Gasteiger charge is -2.45. The first-order chi connectivity index (χ1) is 33.1. The number of hydrogen-bond acceptors (Lipinski definition) is 2. The lowest BCUT2D eigenvalue weighted by Crippen LogP contribution is -2.44. The first-order valence-electron chi connectivity index (χ1n) is 25.4. The summed E-state index contributed by atoms with van der Waals surface area (Å²) >= 11 is 0. The summed E-state index contributed by atoms with van der Waals surface area (Å²) in [6.45, 7) is 21.9. The summed E-state index contributed by atoms with van der Waals surface area (Å²) < 4.78 is 0. The molecule has 0 saturated heterocycles. The Bertz CT molecular complexity index is 3310. The van der Waals surface area contributed by atoms with Crippen LogP contribution in [-0.2, 0) is 27.1 Å². The minimum absolute atomic E-state index is 0.0525. The van der Waals surface area contributed by atoms with Crippen LogP contribution in [0.3, 0.4) is 0 Å². The fraction of sp³-hybridized carbons (Fsp3) is 0.273. The van der Waals surface area contributed by atoms with Gasteiger partial charge in [-0.1, -0.05) is 194 Å². The largest absolute Gasteiger partial charge is 0.354 e. The molecule has 0 amide bonds. The van der Waals surface area contributed by atoms with Gasteiger partial charge in [0, 0.05) is 28.3 Å². The van der Waals surface area contributed by atoms with E-state index in [0.717, 1.165) is 11.4 Å². The second kappa shape index (κ2) is 15.5. The zero-order chi connectivity index (χ0) is 47.7. The van der Waals surface area contributed by atoms with E-state index in [2.05, 4.69) is 250 Å². The Morgan fingerprint density at radius 1 is 0.435 bits per heavy atom. The molecular formula is C66H64BN2. The predicted octanol–water partition coefficient (Wildman–Crippen LogP) is 15.9. The molecule has 0 spiro atoms. The summed E-state index contributed by atoms with van der Waals surface area (Å²) in [5.74, 6) is 0. The van der Waals surface area contributed by atoms with E-state index in [1.54, 1.807) is 0 Å². The number of rotatable bonds is 5. The Kier molecular flexibility index (Phi) is 9.79. The molecule has 0 fully saturated rings. The minimum Gasteiger partial charge on any atom is -0.354 e. The van der Waals surface area contributed by atoms with Crippen LogP contribution in [-0.4, -0.2) is 7.28 Å². The Balaban J connectivity index is 1.19. The maximum absolute atomic E-state index is 4.13. The smallest absolute Gasteiger partial charge is 0.197 e. The molecule has 2 nitrogen and oxygen atoms in total. The molecule has 0 saturated carbocycles. The zero-order valence-corrected chi connectivity index (χ0v) is 42.0. The van der Waals surface area contributed by atoms with Crippen molar-refractivity contribution in [2.24, 2.45) is 0 Å². The highest BCUT2D eigenvalue weighted by atomic mass is 15.2. The van der Waals surface area contributed by atoms with Crippen molar-refractivity contribution < 1.29 is 0 Å². The van der Waals surface area contributed by atoms with Crippen molar-refractivity contribution in [3.05, 3.63) is 220 Å². The molecule has 0 bridgehead atoms. The SMILES string of the molecule is Cc1ccccc1-c1cc(-c2cccc3c2Nc2ccccc2C3(c2ccccc2)c2ccccc2)c2c(c1)N(c1ccc3c(c1)C(C)(C)CCC3(C)C)c1cc3c(cc1[B]2)C(C)(C)CCC3(C)C. The number of benzene rings is 8. The predicted molar refractivity (Wildman–Crippen MR) is 294 cm³/mol. The average Bonchev–Trinajstić information content (AvgIpc) is 3.35. The number of para-hydroxylation sites is 2. The fourth-order valence-corrected chi connectivity index (χ4v) is 13.0. The van der Waals surface area contributed by atoms with Crippen LogP contribution in [0.4, 0.5) is 28.4 Å². The van der Waals surface area contributed by atoms with Gasteiger partial charge in [-0.2, -0.15) is 0 Å². The van der Waals surface area contributed by atoms with Gasteiger partial charge in [-0.25, -0.2) is 0 Å². The topological polar surface area (TPSA) is 15.3 Å². The van der Waals surface area contributed by atoms with E-state index in [9.17, 15) is 0 Å². The van der Waals surface area contributed by atoms with Crippen LogP contribution in [0.2, 0.25) is 0 Å². The number of anilines is 5. The normalized spacial score (nSPS) is 18.2. The molecule has 3 heteroatoms. The highest BCUT2D eigenvalue weighted by molar-refractivity contribution is 6.73. The van der Waals surface area contributed by atoms with Crippen molar-refractivity contribution in [3.8, 4) is 22.3 Å². The van der Waals surface area contributed by atoms with Gasteiger partial charge in [-0.05, 0) is 163 Å². The summed E-state index contributed by atoms with van der Waals surface area (Å²) in [6.07, 6.45) is 4.68. The van der Waals surface area contributed by atoms with Gasteiger partial charge in [-0.3, -0.25) is 0 Å². The van der Waals surface area contributed by atoms with Crippen molar-refractivity contribution in [1.82, 2.24) is 0 Å². The Labute approximate surface area is 412 Å². The lowest BCUT2D eigenvalue weighted by atomic mass is 9.54. The van der Waals surface area contributed by atoms with E-state index < -0.39 is 5.41 Å². The first kappa shape index (κ1) is 43.7. The third-order valence-corrected chi connectivity index (χ3v) is 17.3. The van der Waals surface area contributed by atoms with Gasteiger partial charge in [0.25, 0.3) is 0 Å². The van der Waals surface area contributed by atoms with Crippen molar-refractivity contribution in [1.29, 1.82) is 0 Å². The molecule has 8 aromatic rings. The molecule has 2 heterocycles. The van der Waals surface area contributed by atoms with Crippen molar-refractivity contribution in [2.45, 2.75) is 115 Å². The third kappa shape index (κ3) is 6.66. The Morgan fingerprint density at radius 2 is 0.986 bits per heavy atom. The zero-order valence-electron chi connectivity index (χ0n) is 42.0. The van der Waals surface area contributed by atoms with Crippen molar-refractivity contribution in [3.63, 3.8) is 0 Å². The summed E-state index contributed by atoms with van der Waals surface area (Å²) in [4.78, 5) is 2.65. The summed E-state index contributed by atoms with van der Waals surface area (Å²) in [6, 6.07) is 64.9. The van der Waals surface area contributed by atoms with Crippen LogP contribution < -0.4 is 21.1 Å². The van der Waals surface area contributed by atoms with Gasteiger partial charge in [-0.15, -0.1) is 0 Å². The number of hydrogen-bond donors (Lipinski definition) is 1. The van der Waals surface area contributed by atoms with Crippen LogP contribution in [0.1, 0.15) is 131 Å². The van der Waals surface area contributed by atoms with Crippen LogP contribution in [0.25, 0.3) is 22.3 Å². The molecule has 2 aliphatic carbocycles. The summed E-state index contributed by atoms with van der Waals surface area (Å²) in [5.41, 5.74) is 25.3. The number of aryl methyl sites for hydroxylation is 1. The summed E-state index contributed by atoms with van der Waals surface area (Å²) in [5, 5.41) is 4.13.